The predicted molar refractivity (Wildman–Crippen MR) is 130 cm³/mol. The molecule has 0 amide bonds. The van der Waals surface area contributed by atoms with E-state index in [-0.39, 0.29) is 11.7 Å². The van der Waals surface area contributed by atoms with E-state index in [0.29, 0.717) is 58.0 Å². The molecule has 0 saturated carbocycles. The Labute approximate surface area is 195 Å². The van der Waals surface area contributed by atoms with Gasteiger partial charge in [0.2, 0.25) is 0 Å². The fourth-order valence-corrected chi connectivity index (χ4v) is 4.41. The number of nitrogens with zero attached hydrogens (tertiary/aromatic N) is 4. The molecule has 0 unspecified atom stereocenters. The van der Waals surface area contributed by atoms with Gasteiger partial charge >= 0.3 is 0 Å². The van der Waals surface area contributed by atoms with Gasteiger partial charge in [-0.05, 0) is 50.6 Å². The predicted octanol–water partition coefficient (Wildman–Crippen LogP) is 4.68. The molecule has 0 atom stereocenters. The van der Waals surface area contributed by atoms with Gasteiger partial charge in [0.25, 0.3) is 5.56 Å². The van der Waals surface area contributed by atoms with Crippen molar-refractivity contribution in [1.82, 2.24) is 19.5 Å². The molecule has 0 spiro atoms. The topological polar surface area (TPSA) is 95.9 Å². The highest BCUT2D eigenvalue weighted by Crippen LogP contribution is 2.25. The number of aromatic nitrogens is 4. The van der Waals surface area contributed by atoms with Gasteiger partial charge in [0.15, 0.2) is 5.16 Å². The zero-order valence-corrected chi connectivity index (χ0v) is 19.5. The zero-order chi connectivity index (χ0) is 22.7. The molecule has 2 aromatic carbocycles. The Bertz CT molecular complexity index is 1330. The maximum atomic E-state index is 13.2. The lowest BCUT2D eigenvalue weighted by atomic mass is 10.2. The molecule has 4 rings (SSSR count). The molecule has 0 aliphatic carbocycles. The summed E-state index contributed by atoms with van der Waals surface area (Å²) in [6.45, 7) is 5.05. The highest BCUT2D eigenvalue weighted by atomic mass is 35.5. The lowest BCUT2D eigenvalue weighted by molar-refractivity contribution is 0.0743. The molecule has 0 fully saturated rings. The summed E-state index contributed by atoms with van der Waals surface area (Å²) in [4.78, 5) is 27.0. The van der Waals surface area contributed by atoms with Crippen LogP contribution in [-0.4, -0.2) is 32.2 Å². The van der Waals surface area contributed by atoms with Crippen LogP contribution in [0, 0.1) is 0 Å². The van der Waals surface area contributed by atoms with Crippen molar-refractivity contribution >= 4 is 51.0 Å². The van der Waals surface area contributed by atoms with Crippen LogP contribution in [0.15, 0.2) is 52.4 Å². The molecule has 0 radical (unpaired) electrons. The van der Waals surface area contributed by atoms with E-state index in [4.69, 9.17) is 27.1 Å². The number of hydrogen-bond donors (Lipinski definition) is 1. The molecule has 9 heteroatoms. The lowest BCUT2D eigenvalue weighted by Gasteiger charge is -2.14. The van der Waals surface area contributed by atoms with Crippen molar-refractivity contribution in [2.24, 2.45) is 0 Å². The molecule has 7 nitrogen and oxygen atoms in total. The van der Waals surface area contributed by atoms with Crippen LogP contribution in [0.1, 0.15) is 26.1 Å². The van der Waals surface area contributed by atoms with E-state index in [9.17, 15) is 4.79 Å². The van der Waals surface area contributed by atoms with Crippen molar-refractivity contribution < 1.29 is 4.74 Å². The van der Waals surface area contributed by atoms with Crippen molar-refractivity contribution in [3.05, 3.63) is 63.7 Å². The molecular weight excluding hydrogens is 446 g/mol. The fourth-order valence-electron chi connectivity index (χ4n) is 3.37. The number of nitrogens with two attached hydrogens (primary N) is 1. The molecule has 0 aliphatic heterocycles. The second kappa shape index (κ2) is 9.85. The summed E-state index contributed by atoms with van der Waals surface area (Å²) in [5, 5.41) is 2.48. The number of ether oxygens (including phenoxy) is 1. The van der Waals surface area contributed by atoms with Gasteiger partial charge in [-0.25, -0.2) is 15.0 Å². The summed E-state index contributed by atoms with van der Waals surface area (Å²) in [6.07, 6.45) is 0.846. The number of nitrogen functional groups attached to an aromatic ring is 1. The van der Waals surface area contributed by atoms with Gasteiger partial charge in [-0.1, -0.05) is 35.5 Å². The SMILES string of the molecule is CC(C)OCCCn1c(SCc2nc(N)c3ccccc3n2)nc2cc(Cl)ccc2c1=O. The quantitative estimate of drug-likeness (QED) is 0.227. The number of rotatable bonds is 8. The zero-order valence-electron chi connectivity index (χ0n) is 17.9. The van der Waals surface area contributed by atoms with Crippen LogP contribution in [0.3, 0.4) is 0 Å². The maximum absolute atomic E-state index is 13.2. The second-order valence-electron chi connectivity index (χ2n) is 7.62. The van der Waals surface area contributed by atoms with Crippen molar-refractivity contribution in [2.45, 2.75) is 43.8 Å². The van der Waals surface area contributed by atoms with Gasteiger partial charge in [-0.3, -0.25) is 9.36 Å². The molecule has 2 heterocycles. The van der Waals surface area contributed by atoms with Crippen LogP contribution in [-0.2, 0) is 17.0 Å². The minimum atomic E-state index is -0.0994. The first-order chi connectivity index (χ1) is 15.4. The van der Waals surface area contributed by atoms with E-state index in [2.05, 4.69) is 9.97 Å². The fraction of sp³-hybridized carbons (Fsp3) is 0.304. The molecule has 4 aromatic rings. The van der Waals surface area contributed by atoms with Gasteiger partial charge in [-0.15, -0.1) is 0 Å². The summed E-state index contributed by atoms with van der Waals surface area (Å²) in [5.74, 6) is 1.45. The molecule has 2 aromatic heterocycles. The first kappa shape index (κ1) is 22.5. The smallest absolute Gasteiger partial charge is 0.262 e. The lowest BCUT2D eigenvalue weighted by Crippen LogP contribution is -2.24. The monoisotopic (exact) mass is 469 g/mol. The molecule has 2 N–H and O–H groups in total. The van der Waals surface area contributed by atoms with Gasteiger partial charge in [-0.2, -0.15) is 0 Å². The first-order valence-electron chi connectivity index (χ1n) is 10.4. The Morgan fingerprint density at radius 1 is 1.09 bits per heavy atom. The van der Waals surface area contributed by atoms with Crippen LogP contribution in [0.2, 0.25) is 5.02 Å². The summed E-state index contributed by atoms with van der Waals surface area (Å²) >= 11 is 7.54. The third kappa shape index (κ3) is 5.03. The highest BCUT2D eigenvalue weighted by Gasteiger charge is 2.14. The second-order valence-corrected chi connectivity index (χ2v) is 9.00. The van der Waals surface area contributed by atoms with Gasteiger partial charge in [0.05, 0.1) is 28.3 Å². The number of fused-ring (bicyclic) bond motifs is 2. The van der Waals surface area contributed by atoms with Crippen molar-refractivity contribution in [1.29, 1.82) is 0 Å². The van der Waals surface area contributed by atoms with Crippen molar-refractivity contribution in [3.8, 4) is 0 Å². The molecule has 0 bridgehead atoms. The van der Waals surface area contributed by atoms with E-state index in [1.165, 1.54) is 11.8 Å². The Balaban J connectivity index is 1.65. The van der Waals surface area contributed by atoms with Crippen LogP contribution in [0.25, 0.3) is 21.8 Å². The van der Waals surface area contributed by atoms with Crippen molar-refractivity contribution in [2.75, 3.05) is 12.3 Å². The number of thioether (sulfide) groups is 1. The van der Waals surface area contributed by atoms with E-state index in [1.54, 1.807) is 22.8 Å². The van der Waals surface area contributed by atoms with Gasteiger partial charge in [0, 0.05) is 23.6 Å². The molecule has 166 valence electrons. The average molecular weight is 470 g/mol. The van der Waals surface area contributed by atoms with E-state index in [0.717, 1.165) is 10.9 Å². The maximum Gasteiger partial charge on any atom is 0.262 e. The van der Waals surface area contributed by atoms with Gasteiger partial charge < -0.3 is 10.5 Å². The minimum absolute atomic E-state index is 0.0994. The first-order valence-corrected chi connectivity index (χ1v) is 11.7. The number of anilines is 1. The largest absolute Gasteiger partial charge is 0.383 e. The minimum Gasteiger partial charge on any atom is -0.383 e. The average Bonchev–Trinajstić information content (AvgIpc) is 2.76. The number of para-hydroxylation sites is 1. The highest BCUT2D eigenvalue weighted by molar-refractivity contribution is 7.98. The Morgan fingerprint density at radius 2 is 1.91 bits per heavy atom. The Kier molecular flexibility index (Phi) is 6.93. The van der Waals surface area contributed by atoms with Crippen LogP contribution in [0.5, 0.6) is 0 Å². The standard InChI is InChI=1S/C23H24ClN5O2S/c1-14(2)31-11-5-10-29-22(30)17-9-8-15(24)12-19(17)27-23(29)32-13-20-26-18-7-4-3-6-16(18)21(25)28-20/h3-4,6-9,12,14H,5,10-11,13H2,1-2H3,(H2,25,26,28). The van der Waals surface area contributed by atoms with Gasteiger partial charge in [0.1, 0.15) is 11.6 Å². The molecular formula is C23H24ClN5O2S. The normalized spacial score (nSPS) is 11.6. The number of hydrogen-bond acceptors (Lipinski definition) is 7. The summed E-state index contributed by atoms with van der Waals surface area (Å²) in [7, 11) is 0. The van der Waals surface area contributed by atoms with E-state index < -0.39 is 0 Å². The number of benzene rings is 2. The number of halogens is 1. The van der Waals surface area contributed by atoms with Crippen molar-refractivity contribution in [3.63, 3.8) is 0 Å². The molecule has 0 aliphatic rings. The Morgan fingerprint density at radius 3 is 2.72 bits per heavy atom. The summed E-state index contributed by atoms with van der Waals surface area (Å²) < 4.78 is 7.33. The third-order valence-electron chi connectivity index (χ3n) is 4.87. The van der Waals surface area contributed by atoms with Crippen LogP contribution < -0.4 is 11.3 Å². The van der Waals surface area contributed by atoms with E-state index >= 15 is 0 Å². The summed E-state index contributed by atoms with van der Waals surface area (Å²) in [6, 6.07) is 12.8. The van der Waals surface area contributed by atoms with Crippen LogP contribution in [0.4, 0.5) is 5.82 Å². The molecule has 32 heavy (non-hydrogen) atoms. The summed E-state index contributed by atoms with van der Waals surface area (Å²) in [5.41, 5.74) is 7.37. The van der Waals surface area contributed by atoms with Crippen LogP contribution >= 0.6 is 23.4 Å². The third-order valence-corrected chi connectivity index (χ3v) is 6.08. The van der Waals surface area contributed by atoms with E-state index in [1.807, 2.05) is 38.1 Å². The molecule has 0 saturated heterocycles. The Hall–Kier alpha value is -2.68.